The van der Waals surface area contributed by atoms with Crippen LogP contribution in [-0.4, -0.2) is 24.0 Å². The summed E-state index contributed by atoms with van der Waals surface area (Å²) in [7, 11) is 0. The second kappa shape index (κ2) is 8.79. The number of pyridine rings is 1. The van der Waals surface area contributed by atoms with Crippen molar-refractivity contribution in [3.05, 3.63) is 54.4 Å². The second-order valence-electron chi connectivity index (χ2n) is 4.79. The number of benzene rings is 1. The van der Waals surface area contributed by atoms with Gasteiger partial charge in [0.15, 0.2) is 0 Å². The van der Waals surface area contributed by atoms with Crippen LogP contribution in [-0.2, 0) is 11.3 Å². The van der Waals surface area contributed by atoms with Crippen LogP contribution in [0, 0.1) is 0 Å². The van der Waals surface area contributed by atoms with Gasteiger partial charge in [-0.05, 0) is 42.8 Å². The highest BCUT2D eigenvalue weighted by Crippen LogP contribution is 2.15. The third-order valence-electron chi connectivity index (χ3n) is 3.03. The van der Waals surface area contributed by atoms with E-state index in [1.165, 1.54) is 0 Å². The first-order valence-corrected chi connectivity index (χ1v) is 7.40. The van der Waals surface area contributed by atoms with E-state index in [2.05, 4.69) is 15.6 Å². The fourth-order valence-electron chi connectivity index (χ4n) is 1.96. The van der Waals surface area contributed by atoms with Crippen LogP contribution in [0.1, 0.15) is 18.9 Å². The van der Waals surface area contributed by atoms with E-state index in [9.17, 15) is 4.79 Å². The molecule has 5 nitrogen and oxygen atoms in total. The van der Waals surface area contributed by atoms with Gasteiger partial charge in [0.25, 0.3) is 0 Å². The van der Waals surface area contributed by atoms with Crippen LogP contribution in [0.3, 0.4) is 0 Å². The van der Waals surface area contributed by atoms with Crippen molar-refractivity contribution in [1.82, 2.24) is 10.3 Å². The Hall–Kier alpha value is -2.40. The normalized spacial score (nSPS) is 10.2. The van der Waals surface area contributed by atoms with Crippen LogP contribution in [0.25, 0.3) is 0 Å². The minimum Gasteiger partial charge on any atom is -0.494 e. The third kappa shape index (κ3) is 5.54. The molecule has 2 rings (SSSR count). The van der Waals surface area contributed by atoms with Gasteiger partial charge in [-0.2, -0.15) is 0 Å². The Morgan fingerprint density at radius 3 is 2.73 bits per heavy atom. The van der Waals surface area contributed by atoms with Crippen molar-refractivity contribution in [1.29, 1.82) is 0 Å². The minimum atomic E-state index is -0.0113. The van der Waals surface area contributed by atoms with Crippen LogP contribution < -0.4 is 15.4 Å². The van der Waals surface area contributed by atoms with Gasteiger partial charge >= 0.3 is 0 Å². The lowest BCUT2D eigenvalue weighted by Crippen LogP contribution is -2.21. The maximum atomic E-state index is 11.8. The van der Waals surface area contributed by atoms with Gasteiger partial charge in [-0.3, -0.25) is 9.78 Å². The number of nitrogens with zero attached hydrogens (tertiary/aromatic N) is 1. The van der Waals surface area contributed by atoms with Gasteiger partial charge in [0.1, 0.15) is 5.75 Å². The van der Waals surface area contributed by atoms with Crippen molar-refractivity contribution >= 4 is 11.6 Å². The molecule has 5 heteroatoms. The van der Waals surface area contributed by atoms with Crippen LogP contribution in [0.15, 0.2) is 48.8 Å². The third-order valence-corrected chi connectivity index (χ3v) is 3.03. The SMILES string of the molecule is CCOc1ccc(NC(=O)CCNCc2cccnc2)cc1. The predicted octanol–water partition coefficient (Wildman–Crippen LogP) is 2.60. The van der Waals surface area contributed by atoms with Crippen molar-refractivity contribution < 1.29 is 9.53 Å². The van der Waals surface area contributed by atoms with Gasteiger partial charge in [0, 0.05) is 37.6 Å². The monoisotopic (exact) mass is 299 g/mol. The molecule has 0 aliphatic heterocycles. The molecule has 0 bridgehead atoms. The highest BCUT2D eigenvalue weighted by molar-refractivity contribution is 5.90. The molecule has 1 amide bonds. The molecule has 2 N–H and O–H groups in total. The van der Waals surface area contributed by atoms with Crippen molar-refractivity contribution in [3.8, 4) is 5.75 Å². The molecule has 0 radical (unpaired) electrons. The molecule has 1 aromatic heterocycles. The van der Waals surface area contributed by atoms with Crippen molar-refractivity contribution in [2.24, 2.45) is 0 Å². The molecule has 0 aliphatic carbocycles. The fraction of sp³-hybridized carbons (Fsp3) is 0.294. The zero-order chi connectivity index (χ0) is 15.6. The Balaban J connectivity index is 1.67. The Bertz CT molecular complexity index is 570. The highest BCUT2D eigenvalue weighted by atomic mass is 16.5. The van der Waals surface area contributed by atoms with Gasteiger partial charge in [-0.15, -0.1) is 0 Å². The molecule has 0 unspecified atom stereocenters. The smallest absolute Gasteiger partial charge is 0.225 e. The molecule has 0 saturated heterocycles. The number of hydrogen-bond donors (Lipinski definition) is 2. The standard InChI is InChI=1S/C17H21N3O2/c1-2-22-16-7-5-15(6-8-16)20-17(21)9-11-19-13-14-4-3-10-18-12-14/h3-8,10,12,19H,2,9,11,13H2,1H3,(H,20,21). The average Bonchev–Trinajstić information content (AvgIpc) is 2.55. The molecular weight excluding hydrogens is 278 g/mol. The summed E-state index contributed by atoms with van der Waals surface area (Å²) >= 11 is 0. The average molecular weight is 299 g/mol. The number of amides is 1. The van der Waals surface area contributed by atoms with Gasteiger partial charge in [-0.25, -0.2) is 0 Å². The molecule has 2 aromatic rings. The van der Waals surface area contributed by atoms with E-state index in [4.69, 9.17) is 4.74 Å². The topological polar surface area (TPSA) is 63.2 Å². The maximum Gasteiger partial charge on any atom is 0.225 e. The Kier molecular flexibility index (Phi) is 6.39. The number of carbonyl (C=O) groups excluding carboxylic acids is 1. The van der Waals surface area contributed by atoms with E-state index in [1.807, 2.05) is 49.5 Å². The molecule has 1 aromatic carbocycles. The zero-order valence-corrected chi connectivity index (χ0v) is 12.7. The van der Waals surface area contributed by atoms with Gasteiger partial charge < -0.3 is 15.4 Å². The van der Waals surface area contributed by atoms with Crippen molar-refractivity contribution in [2.45, 2.75) is 19.9 Å². The largest absolute Gasteiger partial charge is 0.494 e. The summed E-state index contributed by atoms with van der Waals surface area (Å²) in [5, 5.41) is 6.09. The molecular formula is C17H21N3O2. The fourth-order valence-corrected chi connectivity index (χ4v) is 1.96. The molecule has 22 heavy (non-hydrogen) atoms. The Morgan fingerprint density at radius 1 is 1.23 bits per heavy atom. The van der Waals surface area contributed by atoms with Crippen LogP contribution in [0.4, 0.5) is 5.69 Å². The summed E-state index contributed by atoms with van der Waals surface area (Å²) in [6.45, 7) is 3.91. The molecule has 0 spiro atoms. The van der Waals surface area contributed by atoms with E-state index in [0.717, 1.165) is 17.0 Å². The summed E-state index contributed by atoms with van der Waals surface area (Å²) in [5.41, 5.74) is 1.88. The van der Waals surface area contributed by atoms with Crippen molar-refractivity contribution in [3.63, 3.8) is 0 Å². The number of hydrogen-bond acceptors (Lipinski definition) is 4. The highest BCUT2D eigenvalue weighted by Gasteiger charge is 2.02. The Morgan fingerprint density at radius 2 is 2.05 bits per heavy atom. The summed E-state index contributed by atoms with van der Waals surface area (Å²) in [6, 6.07) is 11.3. The summed E-state index contributed by atoms with van der Waals surface area (Å²) in [4.78, 5) is 15.9. The van der Waals surface area contributed by atoms with Gasteiger partial charge in [0.05, 0.1) is 6.61 Å². The van der Waals surface area contributed by atoms with E-state index < -0.39 is 0 Å². The maximum absolute atomic E-state index is 11.8. The van der Waals surface area contributed by atoms with Gasteiger partial charge in [0.2, 0.25) is 5.91 Å². The van der Waals surface area contributed by atoms with E-state index in [1.54, 1.807) is 6.20 Å². The minimum absolute atomic E-state index is 0.0113. The Labute approximate surface area is 130 Å². The number of rotatable bonds is 8. The second-order valence-corrected chi connectivity index (χ2v) is 4.79. The first kappa shape index (κ1) is 16.0. The number of aromatic nitrogens is 1. The van der Waals surface area contributed by atoms with Gasteiger partial charge in [-0.1, -0.05) is 6.07 Å². The summed E-state index contributed by atoms with van der Waals surface area (Å²) < 4.78 is 5.36. The van der Waals surface area contributed by atoms with Crippen molar-refractivity contribution in [2.75, 3.05) is 18.5 Å². The quantitative estimate of drug-likeness (QED) is 0.735. The molecule has 0 atom stereocenters. The molecule has 1 heterocycles. The summed E-state index contributed by atoms with van der Waals surface area (Å²) in [6.07, 6.45) is 3.98. The predicted molar refractivity (Wildman–Crippen MR) is 86.8 cm³/mol. The lowest BCUT2D eigenvalue weighted by molar-refractivity contribution is -0.116. The van der Waals surface area contributed by atoms with Crippen LogP contribution in [0.2, 0.25) is 0 Å². The number of carbonyl (C=O) groups is 1. The zero-order valence-electron chi connectivity index (χ0n) is 12.7. The first-order valence-electron chi connectivity index (χ1n) is 7.40. The summed E-state index contributed by atoms with van der Waals surface area (Å²) in [5.74, 6) is 0.793. The van der Waals surface area contributed by atoms with E-state index in [-0.39, 0.29) is 5.91 Å². The molecule has 0 aliphatic rings. The van der Waals surface area contributed by atoms with Crippen LogP contribution >= 0.6 is 0 Å². The number of ether oxygens (including phenoxy) is 1. The first-order chi connectivity index (χ1) is 10.8. The number of anilines is 1. The van der Waals surface area contributed by atoms with E-state index in [0.29, 0.717) is 26.1 Å². The lowest BCUT2D eigenvalue weighted by Gasteiger charge is -2.08. The molecule has 116 valence electrons. The molecule has 0 saturated carbocycles. The van der Waals surface area contributed by atoms with Crippen LogP contribution in [0.5, 0.6) is 5.75 Å². The molecule has 0 fully saturated rings. The lowest BCUT2D eigenvalue weighted by atomic mass is 10.2. The van der Waals surface area contributed by atoms with E-state index >= 15 is 0 Å². The number of nitrogens with one attached hydrogen (secondary N) is 2.